The number of aromatic nitrogens is 1. The highest BCUT2D eigenvalue weighted by molar-refractivity contribution is 9.10. The van der Waals surface area contributed by atoms with Crippen molar-refractivity contribution in [3.05, 3.63) is 21.9 Å². The van der Waals surface area contributed by atoms with Crippen molar-refractivity contribution >= 4 is 27.6 Å². The Kier molecular flexibility index (Phi) is 3.41. The predicted molar refractivity (Wildman–Crippen MR) is 52.7 cm³/mol. The highest BCUT2D eigenvalue weighted by Gasteiger charge is 2.34. The lowest BCUT2D eigenvalue weighted by molar-refractivity contribution is -0.141. The van der Waals surface area contributed by atoms with E-state index in [4.69, 9.17) is 5.73 Å². The maximum absolute atomic E-state index is 12.4. The number of hydrogen-bond donors (Lipinski definition) is 1. The van der Waals surface area contributed by atoms with E-state index in [1.54, 1.807) is 0 Å². The minimum atomic E-state index is -4.65. The Morgan fingerprint density at radius 2 is 2.12 bits per heavy atom. The molecule has 0 aliphatic carbocycles. The lowest BCUT2D eigenvalue weighted by Gasteiger charge is -2.10. The van der Waals surface area contributed by atoms with Gasteiger partial charge in [0.15, 0.2) is 5.69 Å². The second kappa shape index (κ2) is 4.28. The fourth-order valence-corrected chi connectivity index (χ4v) is 1.33. The van der Waals surface area contributed by atoms with Gasteiger partial charge in [-0.25, -0.2) is 9.78 Å². The molecule has 0 unspecified atom stereocenters. The fourth-order valence-electron chi connectivity index (χ4n) is 0.921. The van der Waals surface area contributed by atoms with E-state index in [9.17, 15) is 18.0 Å². The van der Waals surface area contributed by atoms with Crippen LogP contribution in [0.1, 0.15) is 16.2 Å². The van der Waals surface area contributed by atoms with E-state index in [0.717, 1.165) is 7.11 Å². The third kappa shape index (κ3) is 2.43. The van der Waals surface area contributed by atoms with E-state index >= 15 is 0 Å². The molecule has 1 aromatic rings. The molecule has 1 aromatic heterocycles. The molecule has 0 aliphatic rings. The number of nitrogens with two attached hydrogens (primary N) is 1. The quantitative estimate of drug-likeness (QED) is 0.808. The number of hydrogen-bond acceptors (Lipinski definition) is 4. The summed E-state index contributed by atoms with van der Waals surface area (Å²) in [5.74, 6) is -1.02. The number of anilines is 1. The molecule has 0 fully saturated rings. The van der Waals surface area contributed by atoms with Crippen LogP contribution in [0.3, 0.4) is 0 Å². The summed E-state index contributed by atoms with van der Waals surface area (Å²) in [5, 5.41) is 0. The molecule has 1 heterocycles. The maximum Gasteiger partial charge on any atom is 0.433 e. The first-order valence-electron chi connectivity index (χ1n) is 3.89. The second-order valence-corrected chi connectivity index (χ2v) is 3.60. The van der Waals surface area contributed by atoms with Crippen molar-refractivity contribution in [3.63, 3.8) is 0 Å². The number of halogens is 4. The van der Waals surface area contributed by atoms with Crippen LogP contribution in [-0.2, 0) is 10.9 Å². The molecule has 88 valence electrons. The van der Waals surface area contributed by atoms with Crippen LogP contribution in [0.4, 0.5) is 18.9 Å². The molecule has 0 radical (unpaired) electrons. The van der Waals surface area contributed by atoms with E-state index in [-0.39, 0.29) is 10.2 Å². The number of nitrogen functional groups attached to an aromatic ring is 1. The molecule has 1 rings (SSSR count). The van der Waals surface area contributed by atoms with Crippen LogP contribution in [0.15, 0.2) is 10.5 Å². The highest BCUT2D eigenvalue weighted by atomic mass is 79.9. The minimum Gasteiger partial charge on any atom is -0.464 e. The summed E-state index contributed by atoms with van der Waals surface area (Å²) in [4.78, 5) is 14.2. The summed E-state index contributed by atoms with van der Waals surface area (Å²) in [6, 6.07) is 0.696. The first-order valence-corrected chi connectivity index (χ1v) is 4.68. The standard InChI is InChI=1S/C8H6BrF3N2O2/c1-16-7(15)6-5(13)3(9)2-4(14-6)8(10,11)12/h2H,13H2,1H3. The molecule has 4 nitrogen and oxygen atoms in total. The topological polar surface area (TPSA) is 65.2 Å². The van der Waals surface area contributed by atoms with Gasteiger partial charge in [-0.3, -0.25) is 0 Å². The van der Waals surface area contributed by atoms with Gasteiger partial charge in [-0.05, 0) is 22.0 Å². The zero-order chi connectivity index (χ0) is 12.5. The monoisotopic (exact) mass is 298 g/mol. The zero-order valence-electron chi connectivity index (χ0n) is 7.93. The molecule has 16 heavy (non-hydrogen) atoms. The average molecular weight is 299 g/mol. The molecular weight excluding hydrogens is 293 g/mol. The number of methoxy groups -OCH3 is 1. The largest absolute Gasteiger partial charge is 0.464 e. The van der Waals surface area contributed by atoms with Crippen LogP contribution >= 0.6 is 15.9 Å². The number of nitrogens with zero attached hydrogens (tertiary/aromatic N) is 1. The van der Waals surface area contributed by atoms with Crippen LogP contribution in [0.5, 0.6) is 0 Å². The van der Waals surface area contributed by atoms with E-state index in [1.807, 2.05) is 0 Å². The van der Waals surface area contributed by atoms with Gasteiger partial charge in [-0.15, -0.1) is 0 Å². The van der Waals surface area contributed by atoms with Crippen molar-refractivity contribution in [2.24, 2.45) is 0 Å². The van der Waals surface area contributed by atoms with Crippen molar-refractivity contribution in [2.45, 2.75) is 6.18 Å². The number of ether oxygens (including phenoxy) is 1. The summed E-state index contributed by atoms with van der Waals surface area (Å²) in [6.45, 7) is 0. The molecule has 2 N–H and O–H groups in total. The Bertz CT molecular complexity index is 434. The van der Waals surface area contributed by atoms with Gasteiger partial charge in [0.2, 0.25) is 0 Å². The number of alkyl halides is 3. The average Bonchev–Trinajstić information content (AvgIpc) is 2.19. The van der Waals surface area contributed by atoms with Gasteiger partial charge < -0.3 is 10.5 Å². The molecular formula is C8H6BrF3N2O2. The van der Waals surface area contributed by atoms with Crippen LogP contribution in [-0.4, -0.2) is 18.1 Å². The Morgan fingerprint density at radius 3 is 2.56 bits per heavy atom. The molecule has 0 saturated carbocycles. The third-order valence-corrected chi connectivity index (χ3v) is 2.33. The number of pyridine rings is 1. The van der Waals surface area contributed by atoms with E-state index < -0.39 is 23.5 Å². The maximum atomic E-state index is 12.4. The van der Waals surface area contributed by atoms with Crippen molar-refractivity contribution in [1.29, 1.82) is 0 Å². The van der Waals surface area contributed by atoms with Crippen LogP contribution < -0.4 is 5.73 Å². The molecule has 0 saturated heterocycles. The molecule has 0 atom stereocenters. The van der Waals surface area contributed by atoms with E-state index in [2.05, 4.69) is 25.7 Å². The SMILES string of the molecule is COC(=O)c1nc(C(F)(F)F)cc(Br)c1N. The number of carbonyl (C=O) groups is 1. The lowest BCUT2D eigenvalue weighted by atomic mass is 10.2. The molecule has 0 aliphatic heterocycles. The lowest BCUT2D eigenvalue weighted by Crippen LogP contribution is -2.15. The van der Waals surface area contributed by atoms with Crippen molar-refractivity contribution in [1.82, 2.24) is 4.98 Å². The number of esters is 1. The minimum absolute atomic E-state index is 0.0600. The summed E-state index contributed by atoms with van der Waals surface area (Å²) in [5.41, 5.74) is 3.42. The van der Waals surface area contributed by atoms with Gasteiger partial charge >= 0.3 is 12.1 Å². The second-order valence-electron chi connectivity index (χ2n) is 2.74. The molecule has 0 spiro atoms. The van der Waals surface area contributed by atoms with Crippen LogP contribution in [0.25, 0.3) is 0 Å². The first-order chi connectivity index (χ1) is 7.27. The van der Waals surface area contributed by atoms with Crippen molar-refractivity contribution in [2.75, 3.05) is 12.8 Å². The Morgan fingerprint density at radius 1 is 1.56 bits per heavy atom. The van der Waals surface area contributed by atoms with Gasteiger partial charge in [0.1, 0.15) is 5.69 Å². The zero-order valence-corrected chi connectivity index (χ0v) is 9.52. The molecule has 0 amide bonds. The van der Waals surface area contributed by atoms with Gasteiger partial charge in [0.25, 0.3) is 0 Å². The van der Waals surface area contributed by atoms with Gasteiger partial charge in [-0.2, -0.15) is 13.2 Å². The summed E-state index contributed by atoms with van der Waals surface area (Å²) in [6.07, 6.45) is -4.65. The van der Waals surface area contributed by atoms with Crippen LogP contribution in [0, 0.1) is 0 Å². The number of rotatable bonds is 1. The van der Waals surface area contributed by atoms with Crippen LogP contribution in [0.2, 0.25) is 0 Å². The van der Waals surface area contributed by atoms with Crippen molar-refractivity contribution < 1.29 is 22.7 Å². The van der Waals surface area contributed by atoms with Crippen molar-refractivity contribution in [3.8, 4) is 0 Å². The molecule has 8 heteroatoms. The Balaban J connectivity index is 3.39. The fraction of sp³-hybridized carbons (Fsp3) is 0.250. The van der Waals surface area contributed by atoms with Gasteiger partial charge in [-0.1, -0.05) is 0 Å². The third-order valence-electron chi connectivity index (χ3n) is 1.68. The van der Waals surface area contributed by atoms with E-state index in [1.165, 1.54) is 0 Å². The van der Waals surface area contributed by atoms with Gasteiger partial charge in [0.05, 0.1) is 12.8 Å². The Hall–Kier alpha value is -1.31. The summed E-state index contributed by atoms with van der Waals surface area (Å²) >= 11 is 2.81. The Labute approximate surface area is 96.7 Å². The van der Waals surface area contributed by atoms with Gasteiger partial charge in [0, 0.05) is 4.47 Å². The summed E-state index contributed by atoms with van der Waals surface area (Å²) < 4.78 is 41.3. The molecule has 0 aromatic carbocycles. The highest BCUT2D eigenvalue weighted by Crippen LogP contribution is 2.33. The summed E-state index contributed by atoms with van der Waals surface area (Å²) in [7, 11) is 1.03. The normalized spacial score (nSPS) is 11.3. The predicted octanol–water partition coefficient (Wildman–Crippen LogP) is 2.23. The molecule has 0 bridgehead atoms. The smallest absolute Gasteiger partial charge is 0.433 e. The number of carbonyl (C=O) groups excluding carboxylic acids is 1. The first kappa shape index (κ1) is 12.8. The van der Waals surface area contributed by atoms with E-state index in [0.29, 0.717) is 6.07 Å².